The van der Waals surface area contributed by atoms with Crippen molar-refractivity contribution in [2.45, 2.75) is 58.5 Å². The second-order valence-corrected chi connectivity index (χ2v) is 6.89. The molecule has 0 aliphatic heterocycles. The second kappa shape index (κ2) is 7.62. The molecule has 0 radical (unpaired) electrons. The van der Waals surface area contributed by atoms with Crippen LogP contribution in [0.25, 0.3) is 0 Å². The minimum absolute atomic E-state index is 0.568. The smallest absolute Gasteiger partial charge is 0.191 e. The lowest BCUT2D eigenvalue weighted by molar-refractivity contribution is 0.298. The van der Waals surface area contributed by atoms with Gasteiger partial charge in [-0.2, -0.15) is 0 Å². The molecule has 2 N–H and O–H groups in total. The van der Waals surface area contributed by atoms with Gasteiger partial charge < -0.3 is 10.6 Å². The van der Waals surface area contributed by atoms with Gasteiger partial charge in [0.05, 0.1) is 6.54 Å². The van der Waals surface area contributed by atoms with E-state index in [1.807, 2.05) is 13.2 Å². The van der Waals surface area contributed by atoms with E-state index in [9.17, 15) is 0 Å². The molecule has 2 rings (SSSR count). The van der Waals surface area contributed by atoms with Gasteiger partial charge in [-0.05, 0) is 25.7 Å². The van der Waals surface area contributed by atoms with Gasteiger partial charge in [-0.25, -0.2) is 4.98 Å². The summed E-state index contributed by atoms with van der Waals surface area (Å²) in [5.74, 6) is 1.78. The van der Waals surface area contributed by atoms with Gasteiger partial charge >= 0.3 is 0 Å². The van der Waals surface area contributed by atoms with Gasteiger partial charge in [0.1, 0.15) is 5.01 Å². The zero-order valence-corrected chi connectivity index (χ0v) is 13.6. The second-order valence-electron chi connectivity index (χ2n) is 5.57. The lowest BCUT2D eigenvalue weighted by Crippen LogP contribution is -2.45. The van der Waals surface area contributed by atoms with Gasteiger partial charge in [-0.15, -0.1) is 11.3 Å². The Morgan fingerprint density at radius 1 is 1.50 bits per heavy atom. The molecule has 1 aliphatic carbocycles. The molecule has 2 unspecified atom stereocenters. The summed E-state index contributed by atoms with van der Waals surface area (Å²) in [6.45, 7) is 5.13. The van der Waals surface area contributed by atoms with Crippen molar-refractivity contribution in [1.82, 2.24) is 15.6 Å². The lowest BCUT2D eigenvalue weighted by atomic mass is 9.84. The number of aromatic nitrogens is 1. The lowest BCUT2D eigenvalue weighted by Gasteiger charge is -2.30. The molecule has 20 heavy (non-hydrogen) atoms. The van der Waals surface area contributed by atoms with Crippen molar-refractivity contribution in [2.75, 3.05) is 7.05 Å². The summed E-state index contributed by atoms with van der Waals surface area (Å²) in [6, 6.07) is 0.568. The summed E-state index contributed by atoms with van der Waals surface area (Å²) in [5.41, 5.74) is 0. The van der Waals surface area contributed by atoms with Crippen LogP contribution in [0.4, 0.5) is 0 Å². The van der Waals surface area contributed by atoms with Crippen LogP contribution in [-0.2, 0) is 6.54 Å². The first-order valence-corrected chi connectivity index (χ1v) is 8.41. The van der Waals surface area contributed by atoms with Crippen LogP contribution in [0.5, 0.6) is 0 Å². The van der Waals surface area contributed by atoms with Crippen LogP contribution in [0.1, 0.15) is 48.9 Å². The summed E-state index contributed by atoms with van der Waals surface area (Å²) in [5, 5.41) is 8.04. The number of rotatable bonds is 4. The standard InChI is InChI=1S/C15H26N4S/c1-4-12-6-5-7-13(8-12)19-15(16-3)18-10-14-17-9-11(2)20-14/h9,12-13H,4-8,10H2,1-3H3,(H2,16,18,19). The zero-order valence-electron chi connectivity index (χ0n) is 12.8. The highest BCUT2D eigenvalue weighted by atomic mass is 32.1. The van der Waals surface area contributed by atoms with E-state index in [0.29, 0.717) is 6.04 Å². The van der Waals surface area contributed by atoms with Gasteiger partial charge in [0.15, 0.2) is 5.96 Å². The minimum atomic E-state index is 0.568. The monoisotopic (exact) mass is 294 g/mol. The fourth-order valence-electron chi connectivity index (χ4n) is 2.82. The van der Waals surface area contributed by atoms with E-state index in [0.717, 1.165) is 23.4 Å². The maximum absolute atomic E-state index is 4.37. The molecule has 0 saturated heterocycles. The molecule has 1 saturated carbocycles. The highest BCUT2D eigenvalue weighted by Gasteiger charge is 2.21. The molecule has 112 valence electrons. The molecule has 0 bridgehead atoms. The molecular weight excluding hydrogens is 268 g/mol. The molecule has 5 heteroatoms. The highest BCUT2D eigenvalue weighted by Crippen LogP contribution is 2.26. The molecule has 0 aromatic carbocycles. The average Bonchev–Trinajstić information content (AvgIpc) is 2.89. The Balaban J connectivity index is 1.80. The third-order valence-electron chi connectivity index (χ3n) is 4.00. The van der Waals surface area contributed by atoms with Crippen molar-refractivity contribution in [1.29, 1.82) is 0 Å². The molecule has 0 amide bonds. The van der Waals surface area contributed by atoms with Crippen LogP contribution in [-0.4, -0.2) is 24.0 Å². The molecule has 1 heterocycles. The minimum Gasteiger partial charge on any atom is -0.354 e. The Bertz CT molecular complexity index is 441. The van der Waals surface area contributed by atoms with E-state index in [-0.39, 0.29) is 0 Å². The van der Waals surface area contributed by atoms with Gasteiger partial charge in [0.2, 0.25) is 0 Å². The highest BCUT2D eigenvalue weighted by molar-refractivity contribution is 7.11. The molecule has 1 aliphatic rings. The number of nitrogens with zero attached hydrogens (tertiary/aromatic N) is 2. The van der Waals surface area contributed by atoms with Crippen LogP contribution in [0.3, 0.4) is 0 Å². The SMILES string of the molecule is CCC1CCCC(NC(=NC)NCc2ncc(C)s2)C1. The van der Waals surface area contributed by atoms with Crippen molar-refractivity contribution in [3.8, 4) is 0 Å². The predicted octanol–water partition coefficient (Wildman–Crippen LogP) is 3.09. The number of aliphatic imine (C=N–C) groups is 1. The fourth-order valence-corrected chi connectivity index (χ4v) is 3.55. The quantitative estimate of drug-likeness (QED) is 0.663. The normalized spacial score (nSPS) is 23.6. The van der Waals surface area contributed by atoms with Gasteiger partial charge in [0, 0.05) is 24.2 Å². The summed E-state index contributed by atoms with van der Waals surface area (Å²) < 4.78 is 0. The Labute approximate surface area is 126 Å². The van der Waals surface area contributed by atoms with E-state index >= 15 is 0 Å². The first-order chi connectivity index (χ1) is 9.71. The predicted molar refractivity (Wildman–Crippen MR) is 86.2 cm³/mol. The average molecular weight is 294 g/mol. The molecular formula is C15H26N4S. The molecule has 1 aromatic heterocycles. The maximum atomic E-state index is 4.37. The van der Waals surface area contributed by atoms with Crippen LogP contribution in [0.15, 0.2) is 11.2 Å². The fraction of sp³-hybridized carbons (Fsp3) is 0.733. The third-order valence-corrected chi connectivity index (χ3v) is 4.91. The summed E-state index contributed by atoms with van der Waals surface area (Å²) in [4.78, 5) is 9.95. The van der Waals surface area contributed by atoms with Crippen LogP contribution >= 0.6 is 11.3 Å². The third kappa shape index (κ3) is 4.47. The number of aryl methyl sites for hydroxylation is 1. The summed E-state index contributed by atoms with van der Waals surface area (Å²) in [6.07, 6.45) is 8.46. The first kappa shape index (κ1) is 15.3. The Kier molecular flexibility index (Phi) is 5.83. The Morgan fingerprint density at radius 3 is 3.00 bits per heavy atom. The number of guanidine groups is 1. The van der Waals surface area contributed by atoms with Gasteiger partial charge in [-0.3, -0.25) is 4.99 Å². The van der Waals surface area contributed by atoms with Crippen LogP contribution in [0, 0.1) is 12.8 Å². The summed E-state index contributed by atoms with van der Waals surface area (Å²) >= 11 is 1.73. The van der Waals surface area contributed by atoms with Gasteiger partial charge in [0.25, 0.3) is 0 Å². The van der Waals surface area contributed by atoms with Crippen LogP contribution in [0.2, 0.25) is 0 Å². The van der Waals surface area contributed by atoms with E-state index in [1.165, 1.54) is 37.0 Å². The van der Waals surface area contributed by atoms with Gasteiger partial charge in [-0.1, -0.05) is 26.2 Å². The Hall–Kier alpha value is -1.10. The van der Waals surface area contributed by atoms with E-state index in [2.05, 4.69) is 34.5 Å². The molecule has 1 aromatic rings. The molecule has 0 spiro atoms. The van der Waals surface area contributed by atoms with Crippen molar-refractivity contribution in [3.05, 3.63) is 16.1 Å². The van der Waals surface area contributed by atoms with E-state index in [1.54, 1.807) is 11.3 Å². The van der Waals surface area contributed by atoms with Crippen LogP contribution < -0.4 is 10.6 Å². The zero-order chi connectivity index (χ0) is 14.4. The number of thiazole rings is 1. The number of nitrogens with one attached hydrogen (secondary N) is 2. The maximum Gasteiger partial charge on any atom is 0.191 e. The first-order valence-electron chi connectivity index (χ1n) is 7.59. The molecule has 2 atom stereocenters. The van der Waals surface area contributed by atoms with Crippen molar-refractivity contribution in [2.24, 2.45) is 10.9 Å². The van der Waals surface area contributed by atoms with E-state index in [4.69, 9.17) is 0 Å². The molecule has 1 fully saturated rings. The van der Waals surface area contributed by atoms with Crippen molar-refractivity contribution >= 4 is 17.3 Å². The molecule has 4 nitrogen and oxygen atoms in total. The number of hydrogen-bond acceptors (Lipinski definition) is 3. The largest absolute Gasteiger partial charge is 0.354 e. The topological polar surface area (TPSA) is 49.3 Å². The van der Waals surface area contributed by atoms with E-state index < -0.39 is 0 Å². The Morgan fingerprint density at radius 2 is 2.35 bits per heavy atom. The number of hydrogen-bond donors (Lipinski definition) is 2. The van der Waals surface area contributed by atoms with Crippen molar-refractivity contribution in [3.63, 3.8) is 0 Å². The summed E-state index contributed by atoms with van der Waals surface area (Å²) in [7, 11) is 1.84. The van der Waals surface area contributed by atoms with Crippen molar-refractivity contribution < 1.29 is 0 Å².